The van der Waals surface area contributed by atoms with E-state index in [1.807, 2.05) is 0 Å². The van der Waals surface area contributed by atoms with Crippen LogP contribution in [0.2, 0.25) is 0 Å². The van der Waals surface area contributed by atoms with Crippen LogP contribution < -0.4 is 0 Å². The molecule has 1 aromatic carbocycles. The summed E-state index contributed by atoms with van der Waals surface area (Å²) in [5, 5.41) is 0. The summed E-state index contributed by atoms with van der Waals surface area (Å²) >= 11 is 0. The summed E-state index contributed by atoms with van der Waals surface area (Å²) in [6, 6.07) is 8.96. The average Bonchev–Trinajstić information content (AvgIpc) is 3.00. The Labute approximate surface area is 236 Å². The molecule has 1 atom stereocenters. The van der Waals surface area contributed by atoms with E-state index in [2.05, 4.69) is 106 Å². The van der Waals surface area contributed by atoms with Crippen LogP contribution in [-0.2, 0) is 6.42 Å². The molecule has 2 aliphatic carbocycles. The number of fused-ring (bicyclic) bond motifs is 1. The van der Waals surface area contributed by atoms with Crippen LogP contribution in [0.15, 0.2) is 110 Å². The maximum Gasteiger partial charge on any atom is 0.246 e. The van der Waals surface area contributed by atoms with Crippen molar-refractivity contribution in [1.82, 2.24) is 0 Å². The number of hydrogen-bond acceptors (Lipinski definition) is 0. The third kappa shape index (κ3) is 6.68. The van der Waals surface area contributed by atoms with Crippen LogP contribution in [0.3, 0.4) is 0 Å². The first-order valence-corrected chi connectivity index (χ1v) is 18.2. The Balaban J connectivity index is 1.66. The van der Waals surface area contributed by atoms with Crippen LogP contribution in [0.4, 0.5) is 8.78 Å². The van der Waals surface area contributed by atoms with Crippen molar-refractivity contribution >= 4 is 9.16 Å². The molecule has 4 rings (SSSR count). The molecule has 1 aliphatic heterocycles. The van der Waals surface area contributed by atoms with Crippen molar-refractivity contribution in [2.45, 2.75) is 83.5 Å². The molecule has 212 valence electrons. The topological polar surface area (TPSA) is 0 Å². The number of alkyl halides is 2. The largest absolute Gasteiger partial charge is 0.251 e. The summed E-state index contributed by atoms with van der Waals surface area (Å²) in [6.07, 6.45) is 28.8. The van der Waals surface area contributed by atoms with Gasteiger partial charge in [0.25, 0.3) is 0 Å². The fourth-order valence-corrected chi connectivity index (χ4v) is 9.86. The number of benzene rings is 1. The highest BCUT2D eigenvalue weighted by Crippen LogP contribution is 2.77. The lowest BCUT2D eigenvalue weighted by Gasteiger charge is -2.50. The van der Waals surface area contributed by atoms with Gasteiger partial charge in [-0.3, -0.25) is 9.16 Å². The normalized spacial score (nSPS) is 25.2. The maximum absolute atomic E-state index is 14.2. The highest BCUT2D eigenvalue weighted by molar-refractivity contribution is 8.51. The molecular weight excluding hydrogens is 502 g/mol. The number of hydrogen-bond donors (Lipinski definition) is 1. The molecule has 0 nitrogen and oxygen atoms in total. The molecule has 0 spiro atoms. The zero-order chi connectivity index (χ0) is 28.4. The Hall–Kier alpha value is -2.39. The molecule has 0 fully saturated rings. The first kappa shape index (κ1) is 29.6. The van der Waals surface area contributed by atoms with Gasteiger partial charge in [0, 0.05) is 12.8 Å². The molecule has 0 bridgehead atoms. The highest BCUT2D eigenvalue weighted by atomic mass is 32.3. The van der Waals surface area contributed by atoms with Crippen LogP contribution in [0.25, 0.3) is 0 Å². The molecule has 0 saturated carbocycles. The highest BCUT2D eigenvalue weighted by Gasteiger charge is 2.39. The molecule has 3 aliphatic rings. The SMILES string of the molecule is CCC/C(=C\C=C1/Cc2ccccc2[SH]1(C)(C)C)C1=CCC(C)=C(C2=CC=C(C)CCC2CC(C)(F)F)C=C1. The van der Waals surface area contributed by atoms with Gasteiger partial charge in [-0.25, -0.2) is 8.78 Å². The van der Waals surface area contributed by atoms with Crippen molar-refractivity contribution in [2.75, 3.05) is 18.8 Å². The summed E-state index contributed by atoms with van der Waals surface area (Å²) in [5.74, 6) is -2.81. The summed E-state index contributed by atoms with van der Waals surface area (Å²) < 4.78 is 28.4. The molecule has 1 heterocycles. The fraction of sp³-hybridized carbons (Fsp3) is 0.444. The summed E-state index contributed by atoms with van der Waals surface area (Å²) in [6.45, 7) is 7.57. The van der Waals surface area contributed by atoms with Gasteiger partial charge in [0.2, 0.25) is 5.92 Å². The van der Waals surface area contributed by atoms with E-state index in [1.165, 1.54) is 27.9 Å². The standard InChI is InChI=1S/C36H48F2S/c1-8-11-28(19-21-32-24-30-12-9-10-13-35(30)39(32,5,6)7)29-18-16-27(3)33(23-20-29)34-22-15-26(2)14-17-31(34)25-36(4,37)38/h9-10,12-13,15,18-23,31,39H,8,11,14,16-17,24-25H2,1-7H3/b28-19+,32-21+. The van der Waals surface area contributed by atoms with Crippen LogP contribution in [-0.4, -0.2) is 24.7 Å². The zero-order valence-electron chi connectivity index (χ0n) is 25.1. The van der Waals surface area contributed by atoms with E-state index in [4.69, 9.17) is 0 Å². The van der Waals surface area contributed by atoms with Crippen LogP contribution in [0.5, 0.6) is 0 Å². The van der Waals surface area contributed by atoms with Crippen molar-refractivity contribution in [1.29, 1.82) is 0 Å². The Morgan fingerprint density at radius 2 is 1.82 bits per heavy atom. The number of allylic oxidation sites excluding steroid dienone is 14. The summed E-state index contributed by atoms with van der Waals surface area (Å²) in [7, 11) is -2.11. The molecule has 1 aromatic rings. The van der Waals surface area contributed by atoms with Gasteiger partial charge in [-0.2, -0.15) is 0 Å². The molecule has 1 unspecified atom stereocenters. The van der Waals surface area contributed by atoms with E-state index in [-0.39, 0.29) is 12.3 Å². The Bertz CT molecular complexity index is 1330. The fourth-order valence-electron chi connectivity index (χ4n) is 6.46. The monoisotopic (exact) mass is 550 g/mol. The van der Waals surface area contributed by atoms with Crippen molar-refractivity contribution in [3.63, 3.8) is 0 Å². The van der Waals surface area contributed by atoms with Crippen LogP contribution >= 0.6 is 9.16 Å². The summed E-state index contributed by atoms with van der Waals surface area (Å²) in [4.78, 5) is 3.12. The smallest absolute Gasteiger partial charge is 0.246 e. The Morgan fingerprint density at radius 3 is 2.51 bits per heavy atom. The predicted octanol–water partition coefficient (Wildman–Crippen LogP) is 10.7. The van der Waals surface area contributed by atoms with Gasteiger partial charge in [-0.05, 0) is 109 Å². The van der Waals surface area contributed by atoms with Gasteiger partial charge >= 0.3 is 0 Å². The van der Waals surface area contributed by atoms with Crippen LogP contribution in [0, 0.1) is 5.92 Å². The lowest BCUT2D eigenvalue weighted by molar-refractivity contribution is 0.000259. The maximum atomic E-state index is 14.2. The van der Waals surface area contributed by atoms with Crippen molar-refractivity contribution in [2.24, 2.45) is 5.92 Å². The van der Waals surface area contributed by atoms with E-state index in [1.54, 1.807) is 9.80 Å². The molecule has 0 amide bonds. The molecule has 0 radical (unpaired) electrons. The number of thiol groups is 1. The van der Waals surface area contributed by atoms with Gasteiger partial charge in [-0.1, -0.05) is 91.3 Å². The van der Waals surface area contributed by atoms with E-state index in [0.29, 0.717) is 0 Å². The first-order valence-electron chi connectivity index (χ1n) is 14.6. The molecule has 0 saturated heterocycles. The van der Waals surface area contributed by atoms with Crippen molar-refractivity contribution in [3.05, 3.63) is 111 Å². The van der Waals surface area contributed by atoms with Gasteiger partial charge in [0.05, 0.1) is 0 Å². The quantitative estimate of drug-likeness (QED) is 0.321. The van der Waals surface area contributed by atoms with Crippen molar-refractivity contribution < 1.29 is 8.78 Å². The van der Waals surface area contributed by atoms with Gasteiger partial charge < -0.3 is 0 Å². The van der Waals surface area contributed by atoms with Crippen molar-refractivity contribution in [3.8, 4) is 0 Å². The Morgan fingerprint density at radius 1 is 1.08 bits per heavy atom. The lowest BCUT2D eigenvalue weighted by Crippen LogP contribution is -2.19. The minimum Gasteiger partial charge on any atom is -0.251 e. The minimum atomic E-state index is -2.67. The zero-order valence-corrected chi connectivity index (χ0v) is 26.0. The van der Waals surface area contributed by atoms with Gasteiger partial charge in [0.15, 0.2) is 0 Å². The van der Waals surface area contributed by atoms with E-state index in [9.17, 15) is 8.78 Å². The number of rotatable bonds is 7. The lowest BCUT2D eigenvalue weighted by atomic mass is 9.83. The molecule has 0 aromatic heterocycles. The molecule has 0 N–H and O–H groups in total. The minimum absolute atomic E-state index is 0.0984. The molecule has 3 heteroatoms. The third-order valence-corrected chi connectivity index (χ3v) is 13.3. The second kappa shape index (κ2) is 11.2. The number of halogens is 2. The second-order valence-electron chi connectivity index (χ2n) is 13.2. The summed E-state index contributed by atoms with van der Waals surface area (Å²) in [5.41, 5.74) is 8.84. The molecule has 39 heavy (non-hydrogen) atoms. The van der Waals surface area contributed by atoms with E-state index >= 15 is 0 Å². The van der Waals surface area contributed by atoms with E-state index in [0.717, 1.165) is 56.6 Å². The Kier molecular flexibility index (Phi) is 8.53. The molecular formula is C36H48F2S. The van der Waals surface area contributed by atoms with E-state index < -0.39 is 15.1 Å². The first-order chi connectivity index (χ1) is 18.3. The average molecular weight is 551 g/mol. The third-order valence-electron chi connectivity index (χ3n) is 8.89. The van der Waals surface area contributed by atoms with Gasteiger partial charge in [0.1, 0.15) is 0 Å². The van der Waals surface area contributed by atoms with Crippen LogP contribution in [0.1, 0.15) is 71.8 Å². The predicted molar refractivity (Wildman–Crippen MR) is 171 cm³/mol. The van der Waals surface area contributed by atoms with Gasteiger partial charge in [-0.15, -0.1) is 0 Å². The second-order valence-corrected chi connectivity index (χ2v) is 19.9.